The molecule has 2 heterocycles. The van der Waals surface area contributed by atoms with E-state index in [4.69, 9.17) is 11.8 Å². The van der Waals surface area contributed by atoms with Crippen molar-refractivity contribution in [3.05, 3.63) is 78.7 Å². The van der Waals surface area contributed by atoms with E-state index >= 15 is 0 Å². The quantitative estimate of drug-likeness (QED) is 0.334. The molecular formula is C22H24ClKN6O. The summed E-state index contributed by atoms with van der Waals surface area (Å²) in [5.41, 5.74) is 5.45. The van der Waals surface area contributed by atoms with E-state index in [-0.39, 0.29) is 58.0 Å². The van der Waals surface area contributed by atoms with Crippen LogP contribution in [0.15, 0.2) is 54.9 Å². The Labute approximate surface area is 229 Å². The van der Waals surface area contributed by atoms with Gasteiger partial charge in [0.05, 0.1) is 18.0 Å². The third-order valence-electron chi connectivity index (χ3n) is 4.56. The van der Waals surface area contributed by atoms with Gasteiger partial charge in [-0.05, 0) is 21.9 Å². The van der Waals surface area contributed by atoms with Crippen LogP contribution in [0.1, 0.15) is 36.7 Å². The molecule has 0 aliphatic rings. The number of H-pyrrole nitrogens is 1. The van der Waals surface area contributed by atoms with Gasteiger partial charge in [-0.15, -0.1) is 10.2 Å². The summed E-state index contributed by atoms with van der Waals surface area (Å²) in [6.07, 6.45) is 4.38. The average molecular weight is 463 g/mol. The molecule has 0 amide bonds. The molecule has 0 unspecified atom stereocenters. The van der Waals surface area contributed by atoms with Crippen LogP contribution in [0.4, 0.5) is 0 Å². The first-order valence-corrected chi connectivity index (χ1v) is 10.0. The first-order chi connectivity index (χ1) is 14.7. The van der Waals surface area contributed by atoms with E-state index in [1.807, 2.05) is 48.5 Å². The van der Waals surface area contributed by atoms with Gasteiger partial charge in [0.1, 0.15) is 6.33 Å². The normalized spacial score (nSPS) is 10.2. The number of aliphatic hydroxyl groups is 1. The second-order valence-electron chi connectivity index (χ2n) is 6.62. The third kappa shape index (κ3) is 6.79. The molecule has 0 aliphatic carbocycles. The number of halogens is 1. The number of hydrogen-bond donors (Lipinski definition) is 2. The first-order valence-electron chi connectivity index (χ1n) is 9.71. The van der Waals surface area contributed by atoms with Crippen LogP contribution >= 0.6 is 11.8 Å². The Morgan fingerprint density at radius 2 is 1.77 bits per heavy atom. The summed E-state index contributed by atoms with van der Waals surface area (Å²) in [5, 5.41) is 23.7. The predicted octanol–water partition coefficient (Wildman–Crippen LogP) is 1.44. The molecule has 0 fully saturated rings. The molecule has 0 radical (unpaired) electrons. The minimum absolute atomic E-state index is 0. The van der Waals surface area contributed by atoms with Crippen molar-refractivity contribution in [1.29, 1.82) is 0 Å². The van der Waals surface area contributed by atoms with Crippen LogP contribution in [0.3, 0.4) is 0 Å². The fraction of sp³-hybridized carbons (Fsp3) is 0.227. The Hall–Kier alpha value is -1.39. The molecule has 9 heteroatoms. The number of aromatic nitrogens is 6. The molecule has 2 aromatic heterocycles. The maximum atomic E-state index is 9.42. The van der Waals surface area contributed by atoms with Gasteiger partial charge in [0, 0.05) is 23.8 Å². The molecule has 4 rings (SSSR count). The zero-order valence-electron chi connectivity index (χ0n) is 17.8. The zero-order chi connectivity index (χ0) is 21.3. The van der Waals surface area contributed by atoms with Gasteiger partial charge in [-0.25, -0.2) is 9.07 Å². The van der Waals surface area contributed by atoms with Crippen molar-refractivity contribution >= 4 is 11.8 Å². The summed E-state index contributed by atoms with van der Waals surface area (Å²) in [6, 6.07) is 16.1. The van der Waals surface area contributed by atoms with E-state index in [1.165, 1.54) is 16.8 Å². The monoisotopic (exact) mass is 462 g/mol. The zero-order valence-corrected chi connectivity index (χ0v) is 21.7. The molecule has 7 nitrogen and oxygen atoms in total. The first kappa shape index (κ1) is 25.9. The SMILES string of the molecule is OCc1c(Cc2ccc(-c3ccccc3-c3nn[nH]n3)cc2)ncn1Cl.[CH2-]CCC.[K+]. The van der Waals surface area contributed by atoms with Crippen molar-refractivity contribution < 1.29 is 56.5 Å². The van der Waals surface area contributed by atoms with Gasteiger partial charge in [0.2, 0.25) is 5.82 Å². The Morgan fingerprint density at radius 1 is 1.10 bits per heavy atom. The maximum Gasteiger partial charge on any atom is 1.00 e. The predicted molar refractivity (Wildman–Crippen MR) is 118 cm³/mol. The summed E-state index contributed by atoms with van der Waals surface area (Å²) in [4.78, 5) is 4.25. The molecule has 0 atom stereocenters. The van der Waals surface area contributed by atoms with Crippen molar-refractivity contribution in [2.45, 2.75) is 32.8 Å². The molecular weight excluding hydrogens is 439 g/mol. The molecule has 0 saturated carbocycles. The summed E-state index contributed by atoms with van der Waals surface area (Å²) >= 11 is 5.96. The largest absolute Gasteiger partial charge is 1.00 e. The van der Waals surface area contributed by atoms with Crippen LogP contribution < -0.4 is 51.4 Å². The van der Waals surface area contributed by atoms with Gasteiger partial charge in [-0.2, -0.15) is 11.6 Å². The van der Waals surface area contributed by atoms with Gasteiger partial charge >= 0.3 is 51.4 Å². The Bertz CT molecular complexity index is 1050. The number of unbranched alkanes of at least 4 members (excludes halogenated alkanes) is 1. The van der Waals surface area contributed by atoms with Crippen molar-refractivity contribution in [2.24, 2.45) is 0 Å². The van der Waals surface area contributed by atoms with E-state index in [9.17, 15) is 5.11 Å². The van der Waals surface area contributed by atoms with Gasteiger partial charge in [-0.1, -0.05) is 61.9 Å². The van der Waals surface area contributed by atoms with Gasteiger partial charge in [-0.3, -0.25) is 0 Å². The van der Waals surface area contributed by atoms with Crippen LogP contribution in [0.5, 0.6) is 0 Å². The molecule has 2 N–H and O–H groups in total. The Kier molecular flexibility index (Phi) is 11.0. The van der Waals surface area contributed by atoms with Crippen LogP contribution in [-0.2, 0) is 13.0 Å². The van der Waals surface area contributed by atoms with Crippen LogP contribution in [0, 0.1) is 6.92 Å². The molecule has 0 bridgehead atoms. The molecule has 0 spiro atoms. The standard InChI is InChI=1S/C18H15ClN6O.C4H9.K/c19-25-11-20-16(17(25)10-26)9-12-5-7-13(8-6-12)14-3-1-2-4-15(14)18-21-23-24-22-18;1-3-4-2;/h1-8,11,26H,9-10H2,(H,21,22,23,24);1,3-4H2,2H3;/q;-1;+1. The van der Waals surface area contributed by atoms with E-state index in [0.717, 1.165) is 34.4 Å². The molecule has 0 aliphatic heterocycles. The minimum Gasteiger partial charge on any atom is -0.390 e. The van der Waals surface area contributed by atoms with E-state index in [2.05, 4.69) is 39.5 Å². The third-order valence-corrected chi connectivity index (χ3v) is 4.85. The van der Waals surface area contributed by atoms with Gasteiger partial charge in [0.25, 0.3) is 0 Å². The minimum atomic E-state index is -0.144. The average Bonchev–Trinajstić information content (AvgIpc) is 3.44. The summed E-state index contributed by atoms with van der Waals surface area (Å²) in [6.45, 7) is 5.58. The number of aliphatic hydroxyl groups excluding tert-OH is 1. The van der Waals surface area contributed by atoms with Crippen molar-refractivity contribution in [2.75, 3.05) is 0 Å². The number of benzene rings is 2. The summed E-state index contributed by atoms with van der Waals surface area (Å²) in [5.74, 6) is 0.560. The summed E-state index contributed by atoms with van der Waals surface area (Å²) in [7, 11) is 0. The fourth-order valence-electron chi connectivity index (χ4n) is 2.90. The Morgan fingerprint density at radius 3 is 2.35 bits per heavy atom. The van der Waals surface area contributed by atoms with Gasteiger partial charge < -0.3 is 12.0 Å². The van der Waals surface area contributed by atoms with E-state index in [1.54, 1.807) is 0 Å². The number of imidazole rings is 1. The topological polar surface area (TPSA) is 92.5 Å². The number of aromatic amines is 1. The van der Waals surface area contributed by atoms with E-state index < -0.39 is 0 Å². The number of rotatable bonds is 6. The second-order valence-corrected chi connectivity index (χ2v) is 6.98. The van der Waals surface area contributed by atoms with Crippen molar-refractivity contribution in [1.82, 2.24) is 29.7 Å². The van der Waals surface area contributed by atoms with Crippen molar-refractivity contribution in [3.8, 4) is 22.5 Å². The molecule has 156 valence electrons. The number of nitrogens with one attached hydrogen (secondary N) is 1. The fourth-order valence-corrected chi connectivity index (χ4v) is 3.09. The number of nitrogens with zero attached hydrogens (tertiary/aromatic N) is 5. The molecule has 4 aromatic rings. The molecule has 0 saturated heterocycles. The van der Waals surface area contributed by atoms with Crippen LogP contribution in [0.25, 0.3) is 22.5 Å². The Balaban J connectivity index is 0.000000631. The van der Waals surface area contributed by atoms with Gasteiger partial charge in [0.15, 0.2) is 0 Å². The number of hydrogen-bond acceptors (Lipinski definition) is 5. The van der Waals surface area contributed by atoms with Crippen LogP contribution in [0.2, 0.25) is 0 Å². The van der Waals surface area contributed by atoms with Crippen LogP contribution in [-0.4, -0.2) is 34.8 Å². The molecule has 31 heavy (non-hydrogen) atoms. The summed E-state index contributed by atoms with van der Waals surface area (Å²) < 4.78 is 1.32. The number of tetrazole rings is 1. The smallest absolute Gasteiger partial charge is 0.390 e. The van der Waals surface area contributed by atoms with Crippen molar-refractivity contribution in [3.63, 3.8) is 0 Å². The second kappa shape index (κ2) is 13.2. The van der Waals surface area contributed by atoms with E-state index in [0.29, 0.717) is 17.9 Å². The molecule has 2 aromatic carbocycles. The maximum absolute atomic E-state index is 9.42.